The van der Waals surface area contributed by atoms with E-state index in [-0.39, 0.29) is 0 Å². The Morgan fingerprint density at radius 2 is 2.18 bits per heavy atom. The molecule has 0 spiro atoms. The number of aromatic amines is 1. The molecule has 0 saturated carbocycles. The molecule has 0 aliphatic heterocycles. The van der Waals surface area contributed by atoms with Crippen molar-refractivity contribution in [2.45, 2.75) is 6.42 Å². The number of nitrogens with one attached hydrogen (secondary N) is 1. The van der Waals surface area contributed by atoms with Gasteiger partial charge in [-0.2, -0.15) is 0 Å². The van der Waals surface area contributed by atoms with Crippen LogP contribution in [-0.4, -0.2) is 16.5 Å². The van der Waals surface area contributed by atoms with Crippen LogP contribution < -0.4 is 5.73 Å². The van der Waals surface area contributed by atoms with Gasteiger partial charge in [0, 0.05) is 33.1 Å². The lowest BCUT2D eigenvalue weighted by atomic mass is 10.1. The average molecular weight is 243 g/mol. The van der Waals surface area contributed by atoms with Crippen LogP contribution in [0.15, 0.2) is 36.0 Å². The molecule has 0 radical (unpaired) electrons. The van der Waals surface area contributed by atoms with Gasteiger partial charge in [-0.15, -0.1) is 11.3 Å². The molecule has 3 aromatic rings. The van der Waals surface area contributed by atoms with E-state index in [0.29, 0.717) is 6.54 Å². The molecule has 0 saturated heterocycles. The largest absolute Gasteiger partial charge is 0.348 e. The molecule has 0 aliphatic rings. The molecule has 0 aliphatic carbocycles. The second-order valence-electron chi connectivity index (χ2n) is 3.91. The Bertz CT molecular complexity index is 639. The van der Waals surface area contributed by atoms with Gasteiger partial charge in [-0.1, -0.05) is 18.2 Å². The molecule has 1 aromatic carbocycles. The number of benzene rings is 1. The number of rotatable bonds is 3. The molecule has 86 valence electrons. The molecule has 2 heterocycles. The van der Waals surface area contributed by atoms with Gasteiger partial charge in [0.15, 0.2) is 0 Å². The molecule has 3 N–H and O–H groups in total. The summed E-state index contributed by atoms with van der Waals surface area (Å²) in [7, 11) is 0. The molecular formula is C13H13N3S. The van der Waals surface area contributed by atoms with E-state index < -0.39 is 0 Å². The monoisotopic (exact) mass is 243 g/mol. The summed E-state index contributed by atoms with van der Waals surface area (Å²) in [5, 5.41) is 3.43. The minimum Gasteiger partial charge on any atom is -0.348 e. The van der Waals surface area contributed by atoms with Crippen molar-refractivity contribution in [3.63, 3.8) is 0 Å². The third-order valence-electron chi connectivity index (χ3n) is 2.85. The molecular weight excluding hydrogens is 230 g/mol. The topological polar surface area (TPSA) is 54.7 Å². The minimum absolute atomic E-state index is 0.636. The second kappa shape index (κ2) is 4.31. The van der Waals surface area contributed by atoms with Crippen molar-refractivity contribution in [2.24, 2.45) is 5.73 Å². The van der Waals surface area contributed by atoms with Gasteiger partial charge in [0.05, 0.1) is 12.0 Å². The summed E-state index contributed by atoms with van der Waals surface area (Å²) in [6.07, 6.45) is 2.58. The summed E-state index contributed by atoms with van der Waals surface area (Å²) in [5.74, 6) is 0. The van der Waals surface area contributed by atoms with E-state index >= 15 is 0 Å². The summed E-state index contributed by atoms with van der Waals surface area (Å²) in [6.45, 7) is 0.636. The summed E-state index contributed by atoms with van der Waals surface area (Å²) >= 11 is 1.75. The zero-order valence-corrected chi connectivity index (χ0v) is 10.1. The second-order valence-corrected chi connectivity index (χ2v) is 4.83. The average Bonchev–Trinajstić information content (AvgIpc) is 2.95. The summed E-state index contributed by atoms with van der Waals surface area (Å²) in [5.41, 5.74) is 8.97. The molecule has 0 unspecified atom stereocenters. The van der Waals surface area contributed by atoms with E-state index in [1.807, 2.05) is 0 Å². The predicted octanol–water partition coefficient (Wildman–Crippen LogP) is 2.79. The molecule has 2 aromatic heterocycles. The highest BCUT2D eigenvalue weighted by Crippen LogP contribution is 2.34. The van der Waals surface area contributed by atoms with Crippen molar-refractivity contribution in [1.82, 2.24) is 9.97 Å². The van der Waals surface area contributed by atoms with Crippen LogP contribution in [0.5, 0.6) is 0 Å². The minimum atomic E-state index is 0.636. The van der Waals surface area contributed by atoms with Crippen LogP contribution in [0.3, 0.4) is 0 Å². The van der Waals surface area contributed by atoms with Crippen molar-refractivity contribution in [3.8, 4) is 11.3 Å². The molecule has 0 atom stereocenters. The van der Waals surface area contributed by atoms with Crippen LogP contribution in [0.1, 0.15) is 5.69 Å². The smallest absolute Gasteiger partial charge is 0.0929 e. The molecule has 3 rings (SSSR count). The predicted molar refractivity (Wildman–Crippen MR) is 72.2 cm³/mol. The Kier molecular flexibility index (Phi) is 2.66. The lowest BCUT2D eigenvalue weighted by Gasteiger charge is -2.00. The van der Waals surface area contributed by atoms with E-state index in [0.717, 1.165) is 17.8 Å². The Hall–Kier alpha value is -1.65. The summed E-state index contributed by atoms with van der Waals surface area (Å²) in [6, 6.07) is 8.41. The van der Waals surface area contributed by atoms with Crippen LogP contribution in [0.25, 0.3) is 21.3 Å². The first-order valence-corrected chi connectivity index (χ1v) is 6.47. The van der Waals surface area contributed by atoms with E-state index in [1.54, 1.807) is 17.7 Å². The lowest BCUT2D eigenvalue weighted by Crippen LogP contribution is -2.03. The summed E-state index contributed by atoms with van der Waals surface area (Å²) in [4.78, 5) is 7.60. The molecule has 4 heteroatoms. The molecule has 0 bridgehead atoms. The van der Waals surface area contributed by atoms with Gasteiger partial charge in [0.2, 0.25) is 0 Å². The first kappa shape index (κ1) is 10.5. The van der Waals surface area contributed by atoms with Crippen LogP contribution in [0.4, 0.5) is 0 Å². The van der Waals surface area contributed by atoms with Crippen LogP contribution in [0.2, 0.25) is 0 Å². The Labute approximate surface area is 103 Å². The van der Waals surface area contributed by atoms with Crippen molar-refractivity contribution >= 4 is 21.4 Å². The Balaban J connectivity index is 2.17. The lowest BCUT2D eigenvalue weighted by molar-refractivity contribution is 0.937. The first-order chi connectivity index (χ1) is 8.40. The van der Waals surface area contributed by atoms with Crippen molar-refractivity contribution in [3.05, 3.63) is 41.7 Å². The summed E-state index contributed by atoms with van der Waals surface area (Å²) < 4.78 is 1.30. The zero-order valence-electron chi connectivity index (χ0n) is 9.31. The number of hydrogen-bond acceptors (Lipinski definition) is 3. The van der Waals surface area contributed by atoms with Gasteiger partial charge in [-0.05, 0) is 12.6 Å². The van der Waals surface area contributed by atoms with Crippen molar-refractivity contribution < 1.29 is 0 Å². The van der Waals surface area contributed by atoms with Gasteiger partial charge in [0.25, 0.3) is 0 Å². The number of H-pyrrole nitrogens is 1. The first-order valence-electron chi connectivity index (χ1n) is 5.59. The van der Waals surface area contributed by atoms with Crippen LogP contribution in [-0.2, 0) is 6.42 Å². The van der Waals surface area contributed by atoms with E-state index in [9.17, 15) is 0 Å². The van der Waals surface area contributed by atoms with Crippen LogP contribution in [0, 0.1) is 0 Å². The maximum Gasteiger partial charge on any atom is 0.0929 e. The fraction of sp³-hybridized carbons (Fsp3) is 0.154. The standard InChI is InChI=1S/C13H13N3S/c14-6-5-11-13(16-8-15-11)10-7-17-12-4-2-1-3-9(10)12/h1-4,7-8H,5-6,14H2,(H,15,16). The number of hydrogen-bond donors (Lipinski definition) is 2. The number of fused-ring (bicyclic) bond motifs is 1. The SMILES string of the molecule is NCCc1[nH]cnc1-c1csc2ccccc12. The highest BCUT2D eigenvalue weighted by molar-refractivity contribution is 7.17. The fourth-order valence-corrected chi connectivity index (χ4v) is 2.99. The van der Waals surface area contributed by atoms with Crippen molar-refractivity contribution in [1.29, 1.82) is 0 Å². The molecule has 0 amide bonds. The number of nitrogens with two attached hydrogens (primary N) is 1. The van der Waals surface area contributed by atoms with Crippen molar-refractivity contribution in [2.75, 3.05) is 6.54 Å². The van der Waals surface area contributed by atoms with Gasteiger partial charge >= 0.3 is 0 Å². The van der Waals surface area contributed by atoms with E-state index in [4.69, 9.17) is 5.73 Å². The fourth-order valence-electron chi connectivity index (χ4n) is 2.05. The highest BCUT2D eigenvalue weighted by atomic mass is 32.1. The number of thiophene rings is 1. The maximum absolute atomic E-state index is 5.61. The van der Waals surface area contributed by atoms with Gasteiger partial charge in [-0.25, -0.2) is 4.98 Å². The number of aromatic nitrogens is 2. The maximum atomic E-state index is 5.61. The molecule has 3 nitrogen and oxygen atoms in total. The van der Waals surface area contributed by atoms with E-state index in [1.165, 1.54) is 15.6 Å². The highest BCUT2D eigenvalue weighted by Gasteiger charge is 2.12. The molecule has 17 heavy (non-hydrogen) atoms. The molecule has 0 fully saturated rings. The number of imidazole rings is 1. The number of nitrogens with zero attached hydrogens (tertiary/aromatic N) is 1. The quantitative estimate of drug-likeness (QED) is 0.743. The Morgan fingerprint density at radius 1 is 1.29 bits per heavy atom. The van der Waals surface area contributed by atoms with Gasteiger partial charge in [-0.3, -0.25) is 0 Å². The Morgan fingerprint density at radius 3 is 3.06 bits per heavy atom. The third-order valence-corrected chi connectivity index (χ3v) is 3.81. The normalized spacial score (nSPS) is 11.1. The zero-order chi connectivity index (χ0) is 11.7. The van der Waals surface area contributed by atoms with E-state index in [2.05, 4.69) is 39.6 Å². The van der Waals surface area contributed by atoms with Crippen LogP contribution >= 0.6 is 11.3 Å². The van der Waals surface area contributed by atoms with Gasteiger partial charge < -0.3 is 10.7 Å². The van der Waals surface area contributed by atoms with Gasteiger partial charge in [0.1, 0.15) is 0 Å². The third kappa shape index (κ3) is 1.75.